The van der Waals surface area contributed by atoms with Crippen LogP contribution in [0.25, 0.3) is 0 Å². The van der Waals surface area contributed by atoms with E-state index in [1.54, 1.807) is 0 Å². The van der Waals surface area contributed by atoms with Gasteiger partial charge in [0.25, 0.3) is 0 Å². The van der Waals surface area contributed by atoms with E-state index in [4.69, 9.17) is 0 Å². The molecular formula is C8H11Br. The maximum Gasteiger partial charge on any atom is 0.0221 e. The Balaban J connectivity index is 3.25. The van der Waals surface area contributed by atoms with Crippen LogP contribution in [0.1, 0.15) is 19.8 Å². The van der Waals surface area contributed by atoms with Gasteiger partial charge in [0.1, 0.15) is 0 Å². The van der Waals surface area contributed by atoms with Crippen molar-refractivity contribution in [2.45, 2.75) is 19.8 Å². The predicted molar refractivity (Wildman–Crippen MR) is 45.6 cm³/mol. The number of alkyl halides is 1. The third kappa shape index (κ3) is 7.78. The fraction of sp³-hybridized carbons (Fsp3) is 0.500. The molecule has 0 aliphatic heterocycles. The molecule has 0 amide bonds. The molecule has 0 saturated carbocycles. The number of unbranched alkanes of at least 4 members (excludes halogenated alkanes) is 1. The summed E-state index contributed by atoms with van der Waals surface area (Å²) in [6.07, 6.45) is 6.02. The second-order valence-corrected chi connectivity index (χ2v) is 2.28. The van der Waals surface area contributed by atoms with Crippen molar-refractivity contribution in [1.29, 1.82) is 0 Å². The first-order valence-corrected chi connectivity index (χ1v) is 4.23. The summed E-state index contributed by atoms with van der Waals surface area (Å²) in [5, 5.41) is 0.897. The van der Waals surface area contributed by atoms with Crippen molar-refractivity contribution >= 4 is 15.9 Å². The molecule has 0 unspecified atom stereocenters. The van der Waals surface area contributed by atoms with Crippen molar-refractivity contribution in [3.05, 3.63) is 12.2 Å². The average molecular weight is 187 g/mol. The molecular weight excluding hydrogens is 176 g/mol. The lowest BCUT2D eigenvalue weighted by Gasteiger charge is -1.74. The number of halogens is 1. The zero-order valence-electron chi connectivity index (χ0n) is 5.65. The van der Waals surface area contributed by atoms with Crippen LogP contribution in [0.2, 0.25) is 0 Å². The Labute approximate surface area is 65.5 Å². The summed E-state index contributed by atoms with van der Waals surface area (Å²) >= 11 is 3.26. The highest BCUT2D eigenvalue weighted by Gasteiger charge is 1.66. The van der Waals surface area contributed by atoms with Crippen LogP contribution in [0.3, 0.4) is 0 Å². The fourth-order valence-corrected chi connectivity index (χ4v) is 0.546. The van der Waals surface area contributed by atoms with Gasteiger partial charge in [0.2, 0.25) is 0 Å². The first kappa shape index (κ1) is 8.78. The van der Waals surface area contributed by atoms with Crippen LogP contribution in [0.4, 0.5) is 0 Å². The van der Waals surface area contributed by atoms with Crippen LogP contribution >= 0.6 is 15.9 Å². The third-order valence-electron chi connectivity index (χ3n) is 0.767. The first-order valence-electron chi connectivity index (χ1n) is 3.11. The Kier molecular flexibility index (Phi) is 7.59. The Morgan fingerprint density at radius 3 is 2.89 bits per heavy atom. The summed E-state index contributed by atoms with van der Waals surface area (Å²) < 4.78 is 0. The van der Waals surface area contributed by atoms with Crippen LogP contribution in [0.5, 0.6) is 0 Å². The lowest BCUT2D eigenvalue weighted by atomic mass is 10.3. The van der Waals surface area contributed by atoms with Crippen LogP contribution in [-0.4, -0.2) is 5.33 Å². The number of hydrogen-bond donors (Lipinski definition) is 0. The number of allylic oxidation sites excluding steroid dienone is 2. The second kappa shape index (κ2) is 7.78. The second-order valence-electron chi connectivity index (χ2n) is 1.63. The summed E-state index contributed by atoms with van der Waals surface area (Å²) in [7, 11) is 0. The normalized spacial score (nSPS) is 9.11. The summed E-state index contributed by atoms with van der Waals surface area (Å²) in [6.45, 7) is 2.13. The van der Waals surface area contributed by atoms with E-state index in [2.05, 4.69) is 34.7 Å². The molecule has 0 aliphatic rings. The monoisotopic (exact) mass is 186 g/mol. The van der Waals surface area contributed by atoms with Crippen molar-refractivity contribution in [2.24, 2.45) is 0 Å². The molecule has 9 heavy (non-hydrogen) atoms. The van der Waals surface area contributed by atoms with Crippen molar-refractivity contribution in [3.8, 4) is 11.8 Å². The zero-order chi connectivity index (χ0) is 6.95. The highest BCUT2D eigenvalue weighted by molar-refractivity contribution is 9.09. The molecule has 0 atom stereocenters. The number of hydrogen-bond acceptors (Lipinski definition) is 0. The average Bonchev–Trinajstić information content (AvgIpc) is 1.89. The quantitative estimate of drug-likeness (QED) is 0.460. The predicted octanol–water partition coefficient (Wildman–Crippen LogP) is 2.74. The topological polar surface area (TPSA) is 0 Å². The van der Waals surface area contributed by atoms with Gasteiger partial charge in [0, 0.05) is 11.8 Å². The minimum Gasteiger partial charge on any atom is -0.0985 e. The molecule has 0 nitrogen and oxygen atoms in total. The maximum absolute atomic E-state index is 3.26. The highest BCUT2D eigenvalue weighted by Crippen LogP contribution is 1.82. The van der Waals surface area contributed by atoms with Gasteiger partial charge in [0.15, 0.2) is 0 Å². The van der Waals surface area contributed by atoms with Crippen LogP contribution in [0, 0.1) is 11.8 Å². The Morgan fingerprint density at radius 1 is 1.56 bits per heavy atom. The molecule has 0 aromatic rings. The highest BCUT2D eigenvalue weighted by atomic mass is 79.9. The molecule has 0 heterocycles. The summed E-state index contributed by atoms with van der Waals surface area (Å²) in [5.74, 6) is 5.94. The van der Waals surface area contributed by atoms with Gasteiger partial charge in [-0.2, -0.15) is 0 Å². The van der Waals surface area contributed by atoms with E-state index >= 15 is 0 Å². The molecule has 0 aliphatic carbocycles. The molecule has 0 rings (SSSR count). The molecule has 50 valence electrons. The van der Waals surface area contributed by atoms with Crippen molar-refractivity contribution in [2.75, 3.05) is 5.33 Å². The minimum atomic E-state index is 0.897. The van der Waals surface area contributed by atoms with Crippen molar-refractivity contribution < 1.29 is 0 Å². The van der Waals surface area contributed by atoms with Crippen LogP contribution < -0.4 is 0 Å². The summed E-state index contributed by atoms with van der Waals surface area (Å²) in [4.78, 5) is 0. The summed E-state index contributed by atoms with van der Waals surface area (Å²) in [5.41, 5.74) is 0. The van der Waals surface area contributed by atoms with E-state index in [1.807, 2.05) is 12.2 Å². The van der Waals surface area contributed by atoms with E-state index in [0.717, 1.165) is 18.2 Å². The van der Waals surface area contributed by atoms with Gasteiger partial charge in [-0.25, -0.2) is 0 Å². The molecule has 0 radical (unpaired) electrons. The standard InChI is InChI=1S/C8H11Br/c1-2-3-4-5-6-7-8-9/h6-7H,2-3,8H2,1H3/b7-6+. The molecule has 0 bridgehead atoms. The SMILES string of the molecule is CCCC#C/C=C/CBr. The molecule has 0 spiro atoms. The summed E-state index contributed by atoms with van der Waals surface area (Å²) in [6, 6.07) is 0. The lowest BCUT2D eigenvalue weighted by molar-refractivity contribution is 0.983. The van der Waals surface area contributed by atoms with Gasteiger partial charge < -0.3 is 0 Å². The molecule has 0 aromatic carbocycles. The Morgan fingerprint density at radius 2 is 2.33 bits per heavy atom. The Bertz CT molecular complexity index is 125. The van der Waals surface area contributed by atoms with Crippen LogP contribution in [-0.2, 0) is 0 Å². The number of rotatable bonds is 2. The van der Waals surface area contributed by atoms with E-state index in [9.17, 15) is 0 Å². The molecule has 0 fully saturated rings. The van der Waals surface area contributed by atoms with Crippen LogP contribution in [0.15, 0.2) is 12.2 Å². The van der Waals surface area contributed by atoms with E-state index in [-0.39, 0.29) is 0 Å². The third-order valence-corrected chi connectivity index (χ3v) is 1.14. The van der Waals surface area contributed by atoms with Gasteiger partial charge >= 0.3 is 0 Å². The molecule has 0 saturated heterocycles. The molecule has 1 heteroatoms. The molecule has 0 N–H and O–H groups in total. The fourth-order valence-electron chi connectivity index (χ4n) is 0.360. The maximum atomic E-state index is 3.26. The largest absolute Gasteiger partial charge is 0.0985 e. The van der Waals surface area contributed by atoms with E-state index < -0.39 is 0 Å². The van der Waals surface area contributed by atoms with Crippen molar-refractivity contribution in [1.82, 2.24) is 0 Å². The Hall–Kier alpha value is -0.220. The smallest absolute Gasteiger partial charge is 0.0221 e. The lowest BCUT2D eigenvalue weighted by Crippen LogP contribution is -1.60. The van der Waals surface area contributed by atoms with Gasteiger partial charge in [-0.05, 0) is 12.5 Å². The minimum absolute atomic E-state index is 0.897. The van der Waals surface area contributed by atoms with E-state index in [0.29, 0.717) is 0 Å². The van der Waals surface area contributed by atoms with Crippen molar-refractivity contribution in [3.63, 3.8) is 0 Å². The van der Waals surface area contributed by atoms with Gasteiger partial charge in [-0.15, -0.1) is 0 Å². The van der Waals surface area contributed by atoms with Gasteiger partial charge in [-0.1, -0.05) is 40.8 Å². The molecule has 0 aromatic heterocycles. The van der Waals surface area contributed by atoms with Gasteiger partial charge in [-0.3, -0.25) is 0 Å². The zero-order valence-corrected chi connectivity index (χ0v) is 7.24. The first-order chi connectivity index (χ1) is 4.41. The van der Waals surface area contributed by atoms with Gasteiger partial charge in [0.05, 0.1) is 0 Å². The van der Waals surface area contributed by atoms with E-state index in [1.165, 1.54) is 0 Å².